The number of halogens is 3. The van der Waals surface area contributed by atoms with Crippen molar-refractivity contribution in [3.63, 3.8) is 0 Å². The molecule has 8 nitrogen and oxygen atoms in total. The zero-order valence-corrected chi connectivity index (χ0v) is 24.7. The van der Waals surface area contributed by atoms with Gasteiger partial charge in [-0.15, -0.1) is 0 Å². The highest BCUT2D eigenvalue weighted by atomic mass is 32.2. The average Bonchev–Trinajstić information content (AvgIpc) is 3.60. The van der Waals surface area contributed by atoms with Crippen LogP contribution >= 0.6 is 23.5 Å². The monoisotopic (exact) mass is 584 g/mol. The third-order valence-electron chi connectivity index (χ3n) is 6.42. The maximum atomic E-state index is 13.5. The highest BCUT2D eigenvalue weighted by Crippen LogP contribution is 2.33. The molecule has 1 aliphatic heterocycles. The van der Waals surface area contributed by atoms with Crippen molar-refractivity contribution in [1.29, 1.82) is 0 Å². The van der Waals surface area contributed by atoms with Gasteiger partial charge in [0.05, 0.1) is 5.75 Å². The molecule has 2 fully saturated rings. The first-order valence-corrected chi connectivity index (χ1v) is 15.5. The van der Waals surface area contributed by atoms with E-state index in [1.54, 1.807) is 39.5 Å². The van der Waals surface area contributed by atoms with Gasteiger partial charge >= 0.3 is 11.6 Å². The summed E-state index contributed by atoms with van der Waals surface area (Å²) in [6.07, 6.45) is 5.02. The van der Waals surface area contributed by atoms with Gasteiger partial charge in [0.15, 0.2) is 0 Å². The van der Waals surface area contributed by atoms with Gasteiger partial charge in [-0.2, -0.15) is 24.9 Å². The van der Waals surface area contributed by atoms with Crippen LogP contribution in [0.5, 0.6) is 0 Å². The van der Waals surface area contributed by atoms with Gasteiger partial charge < -0.3 is 25.2 Å². The fraction of sp³-hybridized carbons (Fsp3) is 0.880. The first-order valence-electron chi connectivity index (χ1n) is 13.2. The van der Waals surface area contributed by atoms with E-state index in [1.165, 1.54) is 17.7 Å². The SMILES string of the molecule is CSCCNC(=O)C(C1CCN(CC2CC2)CC1)N(CC(C)NC(=O)OC(C)(C)C)C(=O)CSC(F)(F)F. The van der Waals surface area contributed by atoms with Crippen LogP contribution in [0.1, 0.15) is 53.4 Å². The summed E-state index contributed by atoms with van der Waals surface area (Å²) in [5, 5.41) is 5.53. The Morgan fingerprint density at radius 3 is 2.26 bits per heavy atom. The molecule has 0 bridgehead atoms. The lowest BCUT2D eigenvalue weighted by Gasteiger charge is -2.41. The van der Waals surface area contributed by atoms with Crippen molar-refractivity contribution in [2.45, 2.75) is 76.6 Å². The quantitative estimate of drug-likeness (QED) is 0.317. The third-order valence-corrected chi connectivity index (χ3v) is 7.75. The number of thioether (sulfide) groups is 2. The molecular weight excluding hydrogens is 541 g/mol. The van der Waals surface area contributed by atoms with E-state index in [-0.39, 0.29) is 18.4 Å². The van der Waals surface area contributed by atoms with E-state index in [0.717, 1.165) is 25.6 Å². The predicted octanol–water partition coefficient (Wildman–Crippen LogP) is 3.95. The summed E-state index contributed by atoms with van der Waals surface area (Å²) in [6, 6.07) is -1.58. The van der Waals surface area contributed by atoms with Crippen LogP contribution < -0.4 is 10.6 Å². The molecule has 3 amide bonds. The summed E-state index contributed by atoms with van der Waals surface area (Å²) in [5.74, 6) is -0.780. The van der Waals surface area contributed by atoms with Crippen molar-refractivity contribution in [2.75, 3.05) is 50.5 Å². The summed E-state index contributed by atoms with van der Waals surface area (Å²) in [4.78, 5) is 42.6. The number of hydrogen-bond acceptors (Lipinski definition) is 7. The minimum atomic E-state index is -4.58. The van der Waals surface area contributed by atoms with Gasteiger partial charge in [-0.1, -0.05) is 0 Å². The second-order valence-electron chi connectivity index (χ2n) is 11.1. The van der Waals surface area contributed by atoms with E-state index < -0.39 is 52.7 Å². The Bertz CT molecular complexity index is 786. The number of carbonyl (C=O) groups excluding carboxylic acids is 3. The zero-order valence-electron chi connectivity index (χ0n) is 23.1. The summed E-state index contributed by atoms with van der Waals surface area (Å²) in [5.41, 5.74) is -5.32. The predicted molar refractivity (Wildman–Crippen MR) is 146 cm³/mol. The van der Waals surface area contributed by atoms with Crippen LogP contribution in [0.2, 0.25) is 0 Å². The highest BCUT2D eigenvalue weighted by molar-refractivity contribution is 8.00. The number of rotatable bonds is 13. The smallest absolute Gasteiger partial charge is 0.442 e. The third kappa shape index (κ3) is 12.7. The second kappa shape index (κ2) is 14.9. The minimum absolute atomic E-state index is 0.112. The maximum Gasteiger partial charge on any atom is 0.442 e. The van der Waals surface area contributed by atoms with E-state index in [0.29, 0.717) is 25.1 Å². The highest BCUT2D eigenvalue weighted by Gasteiger charge is 2.40. The number of amides is 3. The fourth-order valence-electron chi connectivity index (χ4n) is 4.55. The normalized spacial score (nSPS) is 18.9. The Morgan fingerprint density at radius 2 is 1.74 bits per heavy atom. The molecule has 2 N–H and O–H groups in total. The maximum absolute atomic E-state index is 13.5. The van der Waals surface area contributed by atoms with Crippen molar-refractivity contribution in [3.8, 4) is 0 Å². The second-order valence-corrected chi connectivity index (χ2v) is 13.2. The van der Waals surface area contributed by atoms with E-state index in [4.69, 9.17) is 4.74 Å². The lowest BCUT2D eigenvalue weighted by molar-refractivity contribution is -0.142. The van der Waals surface area contributed by atoms with E-state index in [1.807, 2.05) is 6.26 Å². The van der Waals surface area contributed by atoms with E-state index in [9.17, 15) is 27.6 Å². The number of nitrogens with zero attached hydrogens (tertiary/aromatic N) is 2. The van der Waals surface area contributed by atoms with E-state index in [2.05, 4.69) is 15.5 Å². The van der Waals surface area contributed by atoms with Crippen molar-refractivity contribution >= 4 is 41.4 Å². The van der Waals surface area contributed by atoms with Crippen LogP contribution in [0, 0.1) is 11.8 Å². The first-order chi connectivity index (χ1) is 17.7. The van der Waals surface area contributed by atoms with Crippen molar-refractivity contribution in [2.24, 2.45) is 11.8 Å². The molecule has 1 saturated carbocycles. The summed E-state index contributed by atoms with van der Waals surface area (Å²) < 4.78 is 44.2. The van der Waals surface area contributed by atoms with Gasteiger partial charge in [0.2, 0.25) is 11.8 Å². The molecule has 220 valence electrons. The van der Waals surface area contributed by atoms with Crippen molar-refractivity contribution in [1.82, 2.24) is 20.4 Å². The zero-order chi connectivity index (χ0) is 28.5. The Morgan fingerprint density at radius 1 is 1.11 bits per heavy atom. The van der Waals surface area contributed by atoms with Crippen molar-refractivity contribution < 1.29 is 32.3 Å². The number of hydrogen-bond donors (Lipinski definition) is 2. The summed E-state index contributed by atoms with van der Waals surface area (Å²) >= 11 is 1.14. The standard InChI is InChI=1S/C25H43F3N4O4S2/c1-17(30-23(35)36-24(2,3)4)14-32(20(33)16-38-25(26,27)28)21(22(34)29-10-13-37-5)19-8-11-31(12-9-19)15-18-6-7-18/h17-19,21H,6-16H2,1-5H3,(H,29,34)(H,30,35). The molecule has 1 heterocycles. The van der Waals surface area contributed by atoms with Gasteiger partial charge in [-0.05, 0) is 96.3 Å². The van der Waals surface area contributed by atoms with Gasteiger partial charge in [-0.3, -0.25) is 9.59 Å². The number of ether oxygens (including phenoxy) is 1. The molecule has 38 heavy (non-hydrogen) atoms. The molecule has 2 rings (SSSR count). The number of alkyl carbamates (subject to hydrolysis) is 1. The molecule has 1 saturated heterocycles. The Hall–Kier alpha value is -1.34. The average molecular weight is 585 g/mol. The first kappa shape index (κ1) is 32.9. The molecule has 2 aliphatic rings. The number of nitrogens with one attached hydrogen (secondary N) is 2. The largest absolute Gasteiger partial charge is 0.444 e. The van der Waals surface area contributed by atoms with Crippen molar-refractivity contribution in [3.05, 3.63) is 0 Å². The van der Waals surface area contributed by atoms with Gasteiger partial charge in [0.1, 0.15) is 11.6 Å². The van der Waals surface area contributed by atoms with Crippen LogP contribution in [0.25, 0.3) is 0 Å². The Balaban J connectivity index is 2.23. The Labute approximate surface area is 232 Å². The number of alkyl halides is 3. The molecule has 0 radical (unpaired) electrons. The number of carbonyl (C=O) groups is 3. The van der Waals surface area contributed by atoms with Gasteiger partial charge in [0, 0.05) is 31.4 Å². The molecule has 2 unspecified atom stereocenters. The molecule has 13 heteroatoms. The van der Waals surface area contributed by atoms with Crippen LogP contribution in [0.15, 0.2) is 0 Å². The van der Waals surface area contributed by atoms with E-state index >= 15 is 0 Å². The van der Waals surface area contributed by atoms with Crippen LogP contribution in [0.3, 0.4) is 0 Å². The Kier molecular flexibility index (Phi) is 12.9. The topological polar surface area (TPSA) is 91.0 Å². The fourth-order valence-corrected chi connectivity index (χ4v) is 5.31. The van der Waals surface area contributed by atoms with Crippen LogP contribution in [-0.2, 0) is 14.3 Å². The van der Waals surface area contributed by atoms with Crippen LogP contribution in [0.4, 0.5) is 18.0 Å². The minimum Gasteiger partial charge on any atom is -0.444 e. The van der Waals surface area contributed by atoms with Gasteiger partial charge in [-0.25, -0.2) is 4.79 Å². The molecule has 2 atom stereocenters. The lowest BCUT2D eigenvalue weighted by atomic mass is 9.87. The number of piperidine rings is 1. The molecule has 1 aliphatic carbocycles. The lowest BCUT2D eigenvalue weighted by Crippen LogP contribution is -2.59. The number of likely N-dealkylation sites (tertiary alicyclic amines) is 1. The summed E-state index contributed by atoms with van der Waals surface area (Å²) in [6.45, 7) is 9.65. The van der Waals surface area contributed by atoms with Gasteiger partial charge in [0.25, 0.3) is 0 Å². The molecular formula is C25H43F3N4O4S2. The molecule has 0 aromatic rings. The molecule has 0 aromatic heterocycles. The van der Waals surface area contributed by atoms with Crippen LogP contribution in [-0.4, -0.2) is 101 Å². The molecule has 0 spiro atoms. The summed E-state index contributed by atoms with van der Waals surface area (Å²) in [7, 11) is 0. The molecule has 0 aromatic carbocycles.